The Labute approximate surface area is 109 Å². The standard InChI is InChI=1S/C16H11Br/c17-15-11-5-9-13-8-4-10-14(16(13)15)12-6-2-1-3-7-12/h1-11H. The van der Waals surface area contributed by atoms with E-state index in [1.165, 1.54) is 21.9 Å². The summed E-state index contributed by atoms with van der Waals surface area (Å²) in [5, 5.41) is 2.54. The molecule has 0 aliphatic rings. The Morgan fingerprint density at radius 1 is 0.647 bits per heavy atom. The molecule has 17 heavy (non-hydrogen) atoms. The average molecular weight is 283 g/mol. The number of fused-ring (bicyclic) bond motifs is 1. The lowest BCUT2D eigenvalue weighted by atomic mass is 9.98. The van der Waals surface area contributed by atoms with Gasteiger partial charge < -0.3 is 0 Å². The second-order valence-corrected chi connectivity index (χ2v) is 4.86. The summed E-state index contributed by atoms with van der Waals surface area (Å²) < 4.78 is 1.15. The molecule has 1 heteroatoms. The third kappa shape index (κ3) is 1.87. The second-order valence-electron chi connectivity index (χ2n) is 4.01. The number of hydrogen-bond acceptors (Lipinski definition) is 0. The molecule has 82 valence electrons. The first-order valence-corrected chi connectivity index (χ1v) is 6.38. The number of hydrogen-bond donors (Lipinski definition) is 0. The first kappa shape index (κ1) is 10.5. The molecule has 0 nitrogen and oxygen atoms in total. The summed E-state index contributed by atoms with van der Waals surface area (Å²) in [6.45, 7) is 0. The van der Waals surface area contributed by atoms with Crippen LogP contribution in [0.5, 0.6) is 0 Å². The van der Waals surface area contributed by atoms with E-state index in [2.05, 4.69) is 76.6 Å². The minimum absolute atomic E-state index is 1.15. The predicted octanol–water partition coefficient (Wildman–Crippen LogP) is 5.27. The molecule has 0 spiro atoms. The van der Waals surface area contributed by atoms with E-state index >= 15 is 0 Å². The van der Waals surface area contributed by atoms with Gasteiger partial charge in [-0.05, 0) is 22.6 Å². The molecule has 3 aromatic rings. The SMILES string of the molecule is Brc1cccc2cccc(-c3ccccc3)c12. The van der Waals surface area contributed by atoms with Crippen molar-refractivity contribution in [1.82, 2.24) is 0 Å². The van der Waals surface area contributed by atoms with E-state index in [4.69, 9.17) is 0 Å². The van der Waals surface area contributed by atoms with Crippen molar-refractivity contribution in [2.75, 3.05) is 0 Å². The molecule has 0 saturated carbocycles. The lowest BCUT2D eigenvalue weighted by Gasteiger charge is -2.08. The molecule has 0 heterocycles. The minimum atomic E-state index is 1.15. The fourth-order valence-corrected chi connectivity index (χ4v) is 2.75. The number of rotatable bonds is 1. The van der Waals surface area contributed by atoms with Crippen LogP contribution in [0.2, 0.25) is 0 Å². The van der Waals surface area contributed by atoms with Crippen molar-refractivity contribution in [3.63, 3.8) is 0 Å². The van der Waals surface area contributed by atoms with E-state index in [-0.39, 0.29) is 0 Å². The Bertz CT molecular complexity index is 651. The van der Waals surface area contributed by atoms with E-state index in [1.807, 2.05) is 6.07 Å². The maximum absolute atomic E-state index is 3.64. The molecule has 0 N–H and O–H groups in total. The second kappa shape index (κ2) is 4.34. The maximum atomic E-state index is 3.64. The Morgan fingerprint density at radius 2 is 1.35 bits per heavy atom. The zero-order valence-corrected chi connectivity index (χ0v) is 10.8. The van der Waals surface area contributed by atoms with Crippen molar-refractivity contribution in [3.05, 3.63) is 71.2 Å². The van der Waals surface area contributed by atoms with Gasteiger partial charge in [-0.3, -0.25) is 0 Å². The van der Waals surface area contributed by atoms with Crippen molar-refractivity contribution >= 4 is 26.7 Å². The molecule has 0 amide bonds. The Morgan fingerprint density at radius 3 is 2.12 bits per heavy atom. The van der Waals surface area contributed by atoms with Gasteiger partial charge in [0, 0.05) is 9.86 Å². The lowest BCUT2D eigenvalue weighted by Crippen LogP contribution is -1.82. The van der Waals surface area contributed by atoms with Crippen LogP contribution in [0.3, 0.4) is 0 Å². The molecular weight excluding hydrogens is 272 g/mol. The number of halogens is 1. The van der Waals surface area contributed by atoms with Crippen LogP contribution in [0.15, 0.2) is 71.2 Å². The molecule has 0 fully saturated rings. The van der Waals surface area contributed by atoms with Crippen LogP contribution >= 0.6 is 15.9 Å². The molecule has 0 aliphatic heterocycles. The largest absolute Gasteiger partial charge is 0.0622 e. The summed E-state index contributed by atoms with van der Waals surface area (Å²) in [6, 6.07) is 23.2. The molecule has 0 bridgehead atoms. The highest BCUT2D eigenvalue weighted by Gasteiger charge is 2.05. The van der Waals surface area contributed by atoms with E-state index in [1.54, 1.807) is 0 Å². The van der Waals surface area contributed by atoms with Crippen molar-refractivity contribution in [3.8, 4) is 11.1 Å². The molecule has 0 radical (unpaired) electrons. The van der Waals surface area contributed by atoms with E-state index < -0.39 is 0 Å². The summed E-state index contributed by atoms with van der Waals surface area (Å²) in [4.78, 5) is 0. The van der Waals surface area contributed by atoms with Gasteiger partial charge in [0.2, 0.25) is 0 Å². The van der Waals surface area contributed by atoms with Gasteiger partial charge in [-0.2, -0.15) is 0 Å². The first-order valence-electron chi connectivity index (χ1n) is 5.59. The van der Waals surface area contributed by atoms with Crippen molar-refractivity contribution in [2.24, 2.45) is 0 Å². The van der Waals surface area contributed by atoms with Crippen LogP contribution in [-0.4, -0.2) is 0 Å². The summed E-state index contributed by atoms with van der Waals surface area (Å²) in [7, 11) is 0. The van der Waals surface area contributed by atoms with Gasteiger partial charge in [0.15, 0.2) is 0 Å². The van der Waals surface area contributed by atoms with E-state index in [0.717, 1.165) is 4.47 Å². The van der Waals surface area contributed by atoms with E-state index in [9.17, 15) is 0 Å². The topological polar surface area (TPSA) is 0 Å². The third-order valence-corrected chi connectivity index (χ3v) is 3.60. The molecule has 0 atom stereocenters. The van der Waals surface area contributed by atoms with Crippen LogP contribution < -0.4 is 0 Å². The smallest absolute Gasteiger partial charge is 0.0259 e. The van der Waals surface area contributed by atoms with Crippen LogP contribution in [0.4, 0.5) is 0 Å². The van der Waals surface area contributed by atoms with E-state index in [0.29, 0.717) is 0 Å². The average Bonchev–Trinajstić information content (AvgIpc) is 2.39. The molecule has 0 aliphatic carbocycles. The molecule has 0 aromatic heterocycles. The highest BCUT2D eigenvalue weighted by molar-refractivity contribution is 9.10. The fraction of sp³-hybridized carbons (Fsp3) is 0. The maximum Gasteiger partial charge on any atom is 0.0259 e. The number of benzene rings is 3. The summed E-state index contributed by atoms with van der Waals surface area (Å²) >= 11 is 3.64. The van der Waals surface area contributed by atoms with Gasteiger partial charge in [-0.25, -0.2) is 0 Å². The van der Waals surface area contributed by atoms with Gasteiger partial charge in [0.1, 0.15) is 0 Å². The minimum Gasteiger partial charge on any atom is -0.0622 e. The van der Waals surface area contributed by atoms with Gasteiger partial charge in [0.25, 0.3) is 0 Å². The summed E-state index contributed by atoms with van der Waals surface area (Å²) in [5.74, 6) is 0. The predicted molar refractivity (Wildman–Crippen MR) is 77.1 cm³/mol. The normalized spacial score (nSPS) is 10.6. The summed E-state index contributed by atoms with van der Waals surface area (Å²) in [5.41, 5.74) is 2.53. The highest BCUT2D eigenvalue weighted by Crippen LogP contribution is 2.33. The zero-order valence-electron chi connectivity index (χ0n) is 9.23. The molecule has 3 rings (SSSR count). The quantitative estimate of drug-likeness (QED) is 0.570. The Kier molecular flexibility index (Phi) is 2.69. The lowest BCUT2D eigenvalue weighted by molar-refractivity contribution is 1.64. The van der Waals surface area contributed by atoms with Crippen LogP contribution in [0.1, 0.15) is 0 Å². The van der Waals surface area contributed by atoms with Gasteiger partial charge in [-0.15, -0.1) is 0 Å². The van der Waals surface area contributed by atoms with Crippen LogP contribution in [-0.2, 0) is 0 Å². The van der Waals surface area contributed by atoms with Gasteiger partial charge in [-0.1, -0.05) is 76.6 Å². The van der Waals surface area contributed by atoms with Crippen LogP contribution in [0, 0.1) is 0 Å². The first-order chi connectivity index (χ1) is 8.36. The molecule has 3 aromatic carbocycles. The molecule has 0 unspecified atom stereocenters. The van der Waals surface area contributed by atoms with Crippen molar-refractivity contribution in [1.29, 1.82) is 0 Å². The molecule has 0 saturated heterocycles. The monoisotopic (exact) mass is 282 g/mol. The summed E-state index contributed by atoms with van der Waals surface area (Å²) in [6.07, 6.45) is 0. The van der Waals surface area contributed by atoms with Gasteiger partial charge >= 0.3 is 0 Å². The Hall–Kier alpha value is -1.60. The van der Waals surface area contributed by atoms with Crippen molar-refractivity contribution in [2.45, 2.75) is 0 Å². The van der Waals surface area contributed by atoms with Crippen molar-refractivity contribution < 1.29 is 0 Å². The Balaban J connectivity index is 2.38. The third-order valence-electron chi connectivity index (χ3n) is 2.94. The fourth-order valence-electron chi connectivity index (χ4n) is 2.15. The molecular formula is C16H11Br. The van der Waals surface area contributed by atoms with Crippen LogP contribution in [0.25, 0.3) is 21.9 Å². The zero-order chi connectivity index (χ0) is 11.7. The van der Waals surface area contributed by atoms with Gasteiger partial charge in [0.05, 0.1) is 0 Å². The highest BCUT2D eigenvalue weighted by atomic mass is 79.9.